The van der Waals surface area contributed by atoms with Crippen molar-refractivity contribution in [3.63, 3.8) is 0 Å². The number of hydrogen-bond acceptors (Lipinski definition) is 10. The number of carbonyl (C=O) groups is 2. The standard InChI is InChI=1S/C36H30N6O6/c1-45-33-27(23-25-9-3-5-13-29(25)39-33)11-7-19-41-21-17-37-35(41)47-31(43)15-16-32(44)48-36-38-18-22-42(36)20-8-12-28-24-26-10-4-6-14-30(26)40-34(28)46-2/h3-18,21-24H,19-20H2,1-2H3/b11-7+,12-8+,16-15+. The van der Waals surface area contributed by atoms with Crippen LogP contribution in [0.5, 0.6) is 23.8 Å². The molecule has 4 aromatic heterocycles. The molecule has 12 heteroatoms. The van der Waals surface area contributed by atoms with Gasteiger partial charge >= 0.3 is 24.0 Å². The molecule has 6 aromatic rings. The Hall–Kier alpha value is -6.56. The number of carbonyl (C=O) groups excluding carboxylic acids is 2. The van der Waals surface area contributed by atoms with Crippen molar-refractivity contribution in [3.8, 4) is 23.8 Å². The zero-order valence-electron chi connectivity index (χ0n) is 26.1. The molecule has 6 rings (SSSR count). The van der Waals surface area contributed by atoms with E-state index in [2.05, 4.69) is 19.9 Å². The van der Waals surface area contributed by atoms with Gasteiger partial charge in [-0.25, -0.2) is 29.5 Å². The summed E-state index contributed by atoms with van der Waals surface area (Å²) >= 11 is 0. The van der Waals surface area contributed by atoms with Gasteiger partial charge in [-0.2, -0.15) is 0 Å². The Morgan fingerprint density at radius 1 is 0.667 bits per heavy atom. The van der Waals surface area contributed by atoms with Gasteiger partial charge < -0.3 is 18.9 Å². The van der Waals surface area contributed by atoms with Crippen LogP contribution in [0.1, 0.15) is 11.1 Å². The Labute approximate surface area is 275 Å². The lowest BCUT2D eigenvalue weighted by Crippen LogP contribution is -2.12. The number of allylic oxidation sites excluding steroid dienone is 2. The number of aromatic nitrogens is 6. The molecule has 12 nitrogen and oxygen atoms in total. The molecule has 4 heterocycles. The summed E-state index contributed by atoms with van der Waals surface area (Å²) in [6.45, 7) is 0.706. The second-order valence-corrected chi connectivity index (χ2v) is 10.3. The van der Waals surface area contributed by atoms with Crippen LogP contribution in [0.4, 0.5) is 0 Å². The van der Waals surface area contributed by atoms with E-state index in [9.17, 15) is 9.59 Å². The first kappa shape index (κ1) is 31.4. The number of fused-ring (bicyclic) bond motifs is 2. The Balaban J connectivity index is 1.03. The van der Waals surface area contributed by atoms with Gasteiger partial charge in [0.25, 0.3) is 0 Å². The first-order valence-corrected chi connectivity index (χ1v) is 14.9. The van der Waals surface area contributed by atoms with Crippen LogP contribution < -0.4 is 18.9 Å². The third-order valence-corrected chi connectivity index (χ3v) is 7.11. The van der Waals surface area contributed by atoms with Crippen molar-refractivity contribution in [2.45, 2.75) is 13.1 Å². The molecule has 2 aromatic carbocycles. The highest BCUT2D eigenvalue weighted by atomic mass is 16.6. The zero-order valence-corrected chi connectivity index (χ0v) is 26.1. The zero-order chi connectivity index (χ0) is 33.3. The molecule has 0 amide bonds. The molecule has 0 saturated heterocycles. The van der Waals surface area contributed by atoms with Gasteiger partial charge in [0.15, 0.2) is 0 Å². The van der Waals surface area contributed by atoms with Gasteiger partial charge in [0, 0.05) is 71.9 Å². The van der Waals surface area contributed by atoms with Crippen molar-refractivity contribution in [1.29, 1.82) is 0 Å². The van der Waals surface area contributed by atoms with Crippen LogP contribution in [0.3, 0.4) is 0 Å². The normalized spacial score (nSPS) is 11.6. The maximum Gasteiger partial charge on any atom is 0.338 e. The Kier molecular flexibility index (Phi) is 9.62. The minimum absolute atomic E-state index is 0.0619. The van der Waals surface area contributed by atoms with Crippen molar-refractivity contribution in [1.82, 2.24) is 29.1 Å². The predicted molar refractivity (Wildman–Crippen MR) is 180 cm³/mol. The number of ether oxygens (including phenoxy) is 4. The van der Waals surface area contributed by atoms with E-state index in [4.69, 9.17) is 18.9 Å². The molecule has 0 saturated carbocycles. The minimum Gasteiger partial charge on any atom is -0.481 e. The lowest BCUT2D eigenvalue weighted by atomic mass is 10.1. The molecule has 0 unspecified atom stereocenters. The molecular formula is C36H30N6O6. The summed E-state index contributed by atoms with van der Waals surface area (Å²) in [5.74, 6) is -0.601. The third-order valence-electron chi connectivity index (χ3n) is 7.11. The highest BCUT2D eigenvalue weighted by molar-refractivity contribution is 5.93. The molecule has 0 bridgehead atoms. The fourth-order valence-electron chi connectivity index (χ4n) is 4.84. The number of pyridine rings is 2. The first-order chi connectivity index (χ1) is 23.5. The average molecular weight is 643 g/mol. The van der Waals surface area contributed by atoms with Crippen LogP contribution in [-0.4, -0.2) is 55.2 Å². The molecular weight excluding hydrogens is 612 g/mol. The van der Waals surface area contributed by atoms with Crippen LogP contribution in [0.2, 0.25) is 0 Å². The second-order valence-electron chi connectivity index (χ2n) is 10.3. The van der Waals surface area contributed by atoms with E-state index in [-0.39, 0.29) is 12.0 Å². The lowest BCUT2D eigenvalue weighted by Gasteiger charge is -2.07. The second kappa shape index (κ2) is 14.7. The number of esters is 2. The SMILES string of the molecule is COc1nc2ccccc2cc1/C=C/Cn1ccnc1OC(=O)/C=C/C(=O)Oc1nccn1C/C=C/c1cc2ccccc2nc1OC. The summed E-state index contributed by atoms with van der Waals surface area (Å²) in [5.41, 5.74) is 3.27. The number of benzene rings is 2. The molecule has 0 aliphatic rings. The van der Waals surface area contributed by atoms with Gasteiger partial charge in [0.1, 0.15) is 0 Å². The molecule has 0 fully saturated rings. The first-order valence-electron chi connectivity index (χ1n) is 14.9. The van der Waals surface area contributed by atoms with Crippen molar-refractivity contribution >= 4 is 45.9 Å². The Bertz CT molecular complexity index is 2030. The van der Waals surface area contributed by atoms with Crippen LogP contribution in [0, 0.1) is 0 Å². The van der Waals surface area contributed by atoms with Crippen molar-refractivity contribution in [2.24, 2.45) is 0 Å². The van der Waals surface area contributed by atoms with Crippen LogP contribution >= 0.6 is 0 Å². The van der Waals surface area contributed by atoms with E-state index in [0.29, 0.717) is 24.8 Å². The highest BCUT2D eigenvalue weighted by Crippen LogP contribution is 2.25. The van der Waals surface area contributed by atoms with Crippen molar-refractivity contribution in [2.75, 3.05) is 14.2 Å². The number of hydrogen-bond donors (Lipinski definition) is 0. The van der Waals surface area contributed by atoms with Gasteiger partial charge in [0.05, 0.1) is 25.3 Å². The number of imidazole rings is 2. The summed E-state index contributed by atoms with van der Waals surface area (Å²) in [7, 11) is 3.14. The summed E-state index contributed by atoms with van der Waals surface area (Å²) in [6, 6.07) is 19.6. The molecule has 0 spiro atoms. The molecule has 48 heavy (non-hydrogen) atoms. The fraction of sp³-hybridized carbons (Fsp3) is 0.111. The van der Waals surface area contributed by atoms with Crippen LogP contribution in [0.25, 0.3) is 34.0 Å². The quantitative estimate of drug-likeness (QED) is 0.121. The average Bonchev–Trinajstić information content (AvgIpc) is 3.75. The van der Waals surface area contributed by atoms with Gasteiger partial charge in [-0.1, -0.05) is 60.7 Å². The van der Waals surface area contributed by atoms with E-state index < -0.39 is 11.9 Å². The Morgan fingerprint density at radius 3 is 1.54 bits per heavy atom. The topological polar surface area (TPSA) is 132 Å². The maximum atomic E-state index is 12.5. The summed E-state index contributed by atoms with van der Waals surface area (Å²) < 4.78 is 24.8. The molecule has 0 aliphatic carbocycles. The maximum absolute atomic E-state index is 12.5. The monoisotopic (exact) mass is 642 g/mol. The summed E-state index contributed by atoms with van der Waals surface area (Å²) in [4.78, 5) is 42.3. The number of rotatable bonds is 12. The van der Waals surface area contributed by atoms with E-state index >= 15 is 0 Å². The molecule has 0 radical (unpaired) electrons. The van der Waals surface area contributed by atoms with Gasteiger partial charge in [-0.3, -0.25) is 9.13 Å². The number of nitrogens with zero attached hydrogens (tertiary/aromatic N) is 6. The minimum atomic E-state index is -0.798. The number of para-hydroxylation sites is 2. The van der Waals surface area contributed by atoms with Crippen molar-refractivity contribution in [3.05, 3.63) is 121 Å². The van der Waals surface area contributed by atoms with Crippen molar-refractivity contribution < 1.29 is 28.5 Å². The molecule has 0 aliphatic heterocycles. The predicted octanol–water partition coefficient (Wildman–Crippen LogP) is 5.69. The number of methoxy groups -OCH3 is 2. The van der Waals surface area contributed by atoms with E-state index in [1.807, 2.05) is 85.0 Å². The smallest absolute Gasteiger partial charge is 0.338 e. The van der Waals surface area contributed by atoms with E-state index in [1.54, 1.807) is 35.7 Å². The van der Waals surface area contributed by atoms with Crippen LogP contribution in [-0.2, 0) is 22.7 Å². The van der Waals surface area contributed by atoms with E-state index in [0.717, 1.165) is 45.1 Å². The van der Waals surface area contributed by atoms with Crippen LogP contribution in [0.15, 0.2) is 110 Å². The highest BCUT2D eigenvalue weighted by Gasteiger charge is 2.12. The summed E-state index contributed by atoms with van der Waals surface area (Å²) in [6.07, 6.45) is 15.8. The van der Waals surface area contributed by atoms with Gasteiger partial charge in [0.2, 0.25) is 11.8 Å². The molecule has 240 valence electrons. The molecule has 0 N–H and O–H groups in total. The third kappa shape index (κ3) is 7.45. The fourth-order valence-corrected chi connectivity index (χ4v) is 4.84. The molecule has 0 atom stereocenters. The van der Waals surface area contributed by atoms with Gasteiger partial charge in [-0.05, 0) is 24.3 Å². The largest absolute Gasteiger partial charge is 0.481 e. The lowest BCUT2D eigenvalue weighted by molar-refractivity contribution is -0.132. The van der Waals surface area contributed by atoms with E-state index in [1.165, 1.54) is 12.4 Å². The Morgan fingerprint density at radius 2 is 1.10 bits per heavy atom. The van der Waals surface area contributed by atoms with Gasteiger partial charge in [-0.15, -0.1) is 0 Å². The summed E-state index contributed by atoms with van der Waals surface area (Å²) in [5, 5.41) is 1.97.